The average Bonchev–Trinajstić information content (AvgIpc) is 3.33. The van der Waals surface area contributed by atoms with Crippen molar-refractivity contribution in [3.63, 3.8) is 0 Å². The second-order valence-electron chi connectivity index (χ2n) is 6.74. The maximum absolute atomic E-state index is 12.7. The first-order valence-corrected chi connectivity index (χ1v) is 9.08. The van der Waals surface area contributed by atoms with Crippen molar-refractivity contribution in [2.75, 3.05) is 11.9 Å². The van der Waals surface area contributed by atoms with Crippen LogP contribution in [0.1, 0.15) is 43.6 Å². The van der Waals surface area contributed by atoms with Crippen LogP contribution in [0.2, 0.25) is 0 Å². The van der Waals surface area contributed by atoms with Crippen LogP contribution in [-0.4, -0.2) is 42.4 Å². The Morgan fingerprint density at radius 3 is 3.12 bits per heavy atom. The van der Waals surface area contributed by atoms with E-state index >= 15 is 0 Å². The van der Waals surface area contributed by atoms with E-state index in [9.17, 15) is 4.79 Å². The normalized spacial score (nSPS) is 17.2. The van der Waals surface area contributed by atoms with E-state index in [-0.39, 0.29) is 12.1 Å². The van der Waals surface area contributed by atoms with E-state index in [1.54, 1.807) is 10.9 Å². The molecule has 1 aromatic carbocycles. The van der Waals surface area contributed by atoms with Crippen LogP contribution < -0.4 is 5.32 Å². The number of nitrogens with one attached hydrogen (secondary N) is 2. The third-order valence-electron chi connectivity index (χ3n) is 4.79. The Kier molecular flexibility index (Phi) is 4.32. The summed E-state index contributed by atoms with van der Waals surface area (Å²) in [6.07, 6.45) is 4.58. The number of hydrogen-bond acceptors (Lipinski definition) is 4. The summed E-state index contributed by atoms with van der Waals surface area (Å²) in [5.74, 6) is 1.33. The molecular weight excluding hydrogens is 330 g/mol. The van der Waals surface area contributed by atoms with E-state index in [0.29, 0.717) is 12.4 Å². The number of aromatic nitrogens is 5. The fourth-order valence-electron chi connectivity index (χ4n) is 3.52. The van der Waals surface area contributed by atoms with Crippen LogP contribution in [0, 0.1) is 6.92 Å². The van der Waals surface area contributed by atoms with Gasteiger partial charge in [0.05, 0.1) is 23.3 Å². The van der Waals surface area contributed by atoms with Crippen molar-refractivity contribution in [2.24, 2.45) is 0 Å². The molecule has 3 heterocycles. The monoisotopic (exact) mass is 353 g/mol. The number of imidazole rings is 1. The van der Waals surface area contributed by atoms with Gasteiger partial charge in [-0.2, -0.15) is 0 Å². The van der Waals surface area contributed by atoms with E-state index in [4.69, 9.17) is 4.98 Å². The number of H-pyrrole nitrogens is 1. The minimum absolute atomic E-state index is 0.0486. The summed E-state index contributed by atoms with van der Waals surface area (Å²) in [6, 6.07) is 5.87. The molecule has 1 aliphatic heterocycles. The van der Waals surface area contributed by atoms with Gasteiger partial charge >= 0.3 is 6.03 Å². The number of para-hydroxylation sites is 1. The van der Waals surface area contributed by atoms with Crippen LogP contribution in [0.5, 0.6) is 0 Å². The maximum Gasteiger partial charge on any atom is 0.323 e. The van der Waals surface area contributed by atoms with Gasteiger partial charge in [-0.3, -0.25) is 10.00 Å². The predicted octanol–water partition coefficient (Wildman–Crippen LogP) is 3.24. The van der Waals surface area contributed by atoms with Gasteiger partial charge in [-0.15, -0.1) is 5.10 Å². The molecule has 2 aromatic heterocycles. The highest BCUT2D eigenvalue weighted by atomic mass is 16.2. The van der Waals surface area contributed by atoms with Crippen molar-refractivity contribution in [1.29, 1.82) is 0 Å². The van der Waals surface area contributed by atoms with Gasteiger partial charge < -0.3 is 9.88 Å². The molecule has 8 nitrogen and oxygen atoms in total. The molecule has 136 valence electrons. The molecule has 8 heteroatoms. The van der Waals surface area contributed by atoms with E-state index < -0.39 is 0 Å². The van der Waals surface area contributed by atoms with Gasteiger partial charge in [0.1, 0.15) is 5.82 Å². The molecule has 1 aliphatic rings. The molecule has 0 unspecified atom stereocenters. The van der Waals surface area contributed by atoms with Crippen LogP contribution in [0.25, 0.3) is 11.0 Å². The number of aromatic amines is 1. The Bertz CT molecular complexity index is 929. The van der Waals surface area contributed by atoms with Gasteiger partial charge in [-0.25, -0.2) is 9.78 Å². The Labute approximate surface area is 151 Å². The minimum Gasteiger partial charge on any atom is -0.340 e. The Hall–Kier alpha value is -2.90. The second-order valence-corrected chi connectivity index (χ2v) is 6.74. The lowest BCUT2D eigenvalue weighted by Gasteiger charge is -2.22. The number of nitrogens with zero attached hydrogens (tertiary/aromatic N) is 5. The number of carbonyl (C=O) groups is 1. The molecule has 1 saturated heterocycles. The molecule has 26 heavy (non-hydrogen) atoms. The van der Waals surface area contributed by atoms with E-state index in [0.717, 1.165) is 48.2 Å². The van der Waals surface area contributed by atoms with Crippen molar-refractivity contribution in [3.05, 3.63) is 35.8 Å². The number of carbonyl (C=O) groups excluding carboxylic acids is 1. The zero-order valence-corrected chi connectivity index (χ0v) is 15.1. The molecule has 0 aliphatic carbocycles. The predicted molar refractivity (Wildman–Crippen MR) is 98.8 cm³/mol. The van der Waals surface area contributed by atoms with Gasteiger partial charge in [0.25, 0.3) is 0 Å². The molecule has 0 spiro atoms. The number of urea groups is 1. The number of anilines is 1. The first-order valence-electron chi connectivity index (χ1n) is 9.08. The van der Waals surface area contributed by atoms with Crippen molar-refractivity contribution in [1.82, 2.24) is 29.9 Å². The molecular formula is C18H23N7O. The van der Waals surface area contributed by atoms with Crippen LogP contribution in [-0.2, 0) is 6.54 Å². The summed E-state index contributed by atoms with van der Waals surface area (Å²) in [5.41, 5.74) is 3.11. The topological polar surface area (TPSA) is 91.7 Å². The number of rotatable bonds is 4. The van der Waals surface area contributed by atoms with Gasteiger partial charge in [0.15, 0.2) is 5.82 Å². The summed E-state index contributed by atoms with van der Waals surface area (Å²) in [4.78, 5) is 22.7. The minimum atomic E-state index is -0.159. The van der Waals surface area contributed by atoms with Crippen LogP contribution in [0.4, 0.5) is 10.6 Å². The van der Waals surface area contributed by atoms with Crippen LogP contribution >= 0.6 is 0 Å². The number of fused-ring (bicyclic) bond motifs is 1. The highest BCUT2D eigenvalue weighted by Gasteiger charge is 2.32. The summed E-state index contributed by atoms with van der Waals surface area (Å²) in [7, 11) is 0. The number of amides is 2. The zero-order chi connectivity index (χ0) is 18.1. The first kappa shape index (κ1) is 16.6. The van der Waals surface area contributed by atoms with Crippen LogP contribution in [0.15, 0.2) is 24.4 Å². The average molecular weight is 353 g/mol. The van der Waals surface area contributed by atoms with Gasteiger partial charge in [0, 0.05) is 13.1 Å². The third-order valence-corrected chi connectivity index (χ3v) is 4.79. The number of hydrogen-bond donors (Lipinski definition) is 2. The van der Waals surface area contributed by atoms with Gasteiger partial charge in [0.2, 0.25) is 0 Å². The zero-order valence-electron chi connectivity index (χ0n) is 15.1. The smallest absolute Gasteiger partial charge is 0.323 e. The Morgan fingerprint density at radius 2 is 2.31 bits per heavy atom. The van der Waals surface area contributed by atoms with E-state index in [1.807, 2.05) is 30.0 Å². The standard InChI is InChI=1S/C18H23N7O/c1-3-9-24-11-15(22-23-24)20-18(26)25-10-5-8-14(25)17-19-13-7-4-6-12(2)16(13)21-17/h4,6-7,11,14H,3,5,8-10H2,1-2H3,(H,19,21)(H,20,26)/t14-/m0/s1. The summed E-state index contributed by atoms with van der Waals surface area (Å²) in [5, 5.41) is 10.9. The van der Waals surface area contributed by atoms with Crippen molar-refractivity contribution >= 4 is 22.9 Å². The Morgan fingerprint density at radius 1 is 1.42 bits per heavy atom. The number of likely N-dealkylation sites (tertiary alicyclic amines) is 1. The molecule has 2 N–H and O–H groups in total. The largest absolute Gasteiger partial charge is 0.340 e. The summed E-state index contributed by atoms with van der Waals surface area (Å²) < 4.78 is 1.74. The summed E-state index contributed by atoms with van der Waals surface area (Å²) in [6.45, 7) is 5.61. The lowest BCUT2D eigenvalue weighted by atomic mass is 10.2. The molecule has 0 radical (unpaired) electrons. The maximum atomic E-state index is 12.7. The second kappa shape index (κ2) is 6.78. The number of aryl methyl sites for hydroxylation is 2. The lowest BCUT2D eigenvalue weighted by Crippen LogP contribution is -2.35. The fourth-order valence-corrected chi connectivity index (χ4v) is 3.52. The van der Waals surface area contributed by atoms with E-state index in [1.165, 1.54) is 0 Å². The molecule has 3 aromatic rings. The Balaban J connectivity index is 1.53. The molecule has 2 amide bonds. The third kappa shape index (κ3) is 3.02. The number of benzene rings is 1. The molecule has 4 rings (SSSR count). The lowest BCUT2D eigenvalue weighted by molar-refractivity contribution is 0.205. The first-order chi connectivity index (χ1) is 12.7. The molecule has 1 atom stereocenters. The quantitative estimate of drug-likeness (QED) is 0.753. The van der Waals surface area contributed by atoms with Crippen molar-refractivity contribution in [3.8, 4) is 0 Å². The van der Waals surface area contributed by atoms with E-state index in [2.05, 4.69) is 27.5 Å². The van der Waals surface area contributed by atoms with Gasteiger partial charge in [-0.1, -0.05) is 24.3 Å². The highest BCUT2D eigenvalue weighted by Crippen LogP contribution is 2.32. The van der Waals surface area contributed by atoms with Gasteiger partial charge in [-0.05, 0) is 37.8 Å². The van der Waals surface area contributed by atoms with Crippen LogP contribution in [0.3, 0.4) is 0 Å². The van der Waals surface area contributed by atoms with Crippen molar-refractivity contribution in [2.45, 2.75) is 45.7 Å². The fraction of sp³-hybridized carbons (Fsp3) is 0.444. The molecule has 0 saturated carbocycles. The highest BCUT2D eigenvalue weighted by molar-refractivity contribution is 5.88. The van der Waals surface area contributed by atoms with Crippen molar-refractivity contribution < 1.29 is 4.79 Å². The molecule has 0 bridgehead atoms. The summed E-state index contributed by atoms with van der Waals surface area (Å²) >= 11 is 0. The SMILES string of the molecule is CCCn1cc(NC(=O)N2CCC[C@H]2c2nc3c(C)cccc3[nH]2)nn1. The molecule has 1 fully saturated rings.